The van der Waals surface area contributed by atoms with E-state index in [-0.39, 0.29) is 17.8 Å². The van der Waals surface area contributed by atoms with Crippen molar-refractivity contribution in [1.82, 2.24) is 15.1 Å². The second-order valence-corrected chi connectivity index (χ2v) is 6.72. The van der Waals surface area contributed by atoms with Crippen LogP contribution >= 0.6 is 0 Å². The average molecular weight is 359 g/mol. The van der Waals surface area contributed by atoms with E-state index in [9.17, 15) is 14.4 Å². The van der Waals surface area contributed by atoms with Crippen LogP contribution in [0.5, 0.6) is 5.75 Å². The van der Waals surface area contributed by atoms with E-state index in [2.05, 4.69) is 5.32 Å². The standard InChI is InChI=1S/C19H25N3O4/c1-26-15-6-4-14(5-7-15)10-13-22-18(24)16(20-19(22)25)8-9-17(23)21-11-2-3-12-21/h4-7,16H,2-3,8-13H2,1H3,(H,20,25)/t16-/m1/s1. The smallest absolute Gasteiger partial charge is 0.324 e. The second-order valence-electron chi connectivity index (χ2n) is 6.72. The maximum absolute atomic E-state index is 12.5. The maximum atomic E-state index is 12.5. The summed E-state index contributed by atoms with van der Waals surface area (Å²) >= 11 is 0. The van der Waals surface area contributed by atoms with Gasteiger partial charge in [-0.15, -0.1) is 0 Å². The lowest BCUT2D eigenvalue weighted by molar-refractivity contribution is -0.131. The molecule has 1 aromatic carbocycles. The lowest BCUT2D eigenvalue weighted by Gasteiger charge is -2.16. The number of hydrogen-bond donors (Lipinski definition) is 1. The number of methoxy groups -OCH3 is 1. The van der Waals surface area contributed by atoms with Crippen LogP contribution in [0.15, 0.2) is 24.3 Å². The summed E-state index contributed by atoms with van der Waals surface area (Å²) in [5, 5.41) is 2.70. The molecule has 0 bridgehead atoms. The molecule has 3 rings (SSSR count). The molecule has 0 saturated carbocycles. The summed E-state index contributed by atoms with van der Waals surface area (Å²) in [4.78, 5) is 39.8. The zero-order chi connectivity index (χ0) is 18.5. The first-order valence-corrected chi connectivity index (χ1v) is 9.11. The molecule has 7 heteroatoms. The number of likely N-dealkylation sites (tertiary alicyclic amines) is 1. The molecule has 7 nitrogen and oxygen atoms in total. The number of carbonyl (C=O) groups excluding carboxylic acids is 3. The molecule has 2 aliphatic rings. The summed E-state index contributed by atoms with van der Waals surface area (Å²) in [5.74, 6) is 0.602. The molecule has 4 amide bonds. The van der Waals surface area contributed by atoms with E-state index in [1.165, 1.54) is 4.90 Å². The Labute approximate surface area is 153 Å². The van der Waals surface area contributed by atoms with Gasteiger partial charge in [0.25, 0.3) is 5.91 Å². The zero-order valence-electron chi connectivity index (χ0n) is 15.1. The molecule has 2 saturated heterocycles. The van der Waals surface area contributed by atoms with Gasteiger partial charge in [-0.2, -0.15) is 0 Å². The quantitative estimate of drug-likeness (QED) is 0.750. The zero-order valence-corrected chi connectivity index (χ0v) is 15.1. The molecule has 1 N–H and O–H groups in total. The molecule has 26 heavy (non-hydrogen) atoms. The molecule has 2 aliphatic heterocycles. The molecule has 0 spiro atoms. The summed E-state index contributed by atoms with van der Waals surface area (Å²) in [6.45, 7) is 1.93. The van der Waals surface area contributed by atoms with Crippen LogP contribution in [0, 0.1) is 0 Å². The lowest BCUT2D eigenvalue weighted by Crippen LogP contribution is -2.34. The number of rotatable bonds is 7. The SMILES string of the molecule is COc1ccc(CCN2C(=O)N[C@H](CCC(=O)N3CCCC3)C2=O)cc1. The minimum atomic E-state index is -0.593. The highest BCUT2D eigenvalue weighted by Crippen LogP contribution is 2.16. The van der Waals surface area contributed by atoms with Gasteiger partial charge in [0.15, 0.2) is 0 Å². The van der Waals surface area contributed by atoms with Crippen molar-refractivity contribution in [3.05, 3.63) is 29.8 Å². The number of urea groups is 1. The van der Waals surface area contributed by atoms with Crippen molar-refractivity contribution in [2.75, 3.05) is 26.7 Å². The van der Waals surface area contributed by atoms with Crippen molar-refractivity contribution in [2.45, 2.75) is 38.1 Å². The molecular formula is C19H25N3O4. The Morgan fingerprint density at radius 3 is 2.54 bits per heavy atom. The third-order valence-electron chi connectivity index (χ3n) is 5.00. The Morgan fingerprint density at radius 1 is 1.19 bits per heavy atom. The molecule has 0 radical (unpaired) electrons. The van der Waals surface area contributed by atoms with Gasteiger partial charge in [-0.05, 0) is 43.4 Å². The molecule has 1 atom stereocenters. The largest absolute Gasteiger partial charge is 0.497 e. The predicted octanol–water partition coefficient (Wildman–Crippen LogP) is 1.56. The molecule has 0 unspecified atom stereocenters. The van der Waals surface area contributed by atoms with Crippen LogP contribution in [-0.4, -0.2) is 60.4 Å². The third-order valence-corrected chi connectivity index (χ3v) is 5.00. The van der Waals surface area contributed by atoms with Gasteiger partial charge < -0.3 is 15.0 Å². The molecular weight excluding hydrogens is 334 g/mol. The topological polar surface area (TPSA) is 79.0 Å². The summed E-state index contributed by atoms with van der Waals surface area (Å²) in [5.41, 5.74) is 1.03. The van der Waals surface area contributed by atoms with Crippen LogP contribution in [0.1, 0.15) is 31.2 Å². The summed E-state index contributed by atoms with van der Waals surface area (Å²) in [7, 11) is 1.61. The van der Waals surface area contributed by atoms with Gasteiger partial charge >= 0.3 is 6.03 Å². The molecule has 140 valence electrons. The number of carbonyl (C=O) groups is 3. The minimum Gasteiger partial charge on any atom is -0.497 e. The molecule has 0 aliphatic carbocycles. The van der Waals surface area contributed by atoms with Gasteiger partial charge in [0.05, 0.1) is 7.11 Å². The lowest BCUT2D eigenvalue weighted by atomic mass is 10.1. The normalized spacial score (nSPS) is 19.8. The van der Waals surface area contributed by atoms with Crippen LogP contribution in [0.25, 0.3) is 0 Å². The maximum Gasteiger partial charge on any atom is 0.324 e. The number of benzene rings is 1. The minimum absolute atomic E-state index is 0.0706. The third kappa shape index (κ3) is 4.15. The number of amides is 4. The Balaban J connectivity index is 1.48. The van der Waals surface area contributed by atoms with Crippen LogP contribution in [0.2, 0.25) is 0 Å². The van der Waals surface area contributed by atoms with Gasteiger partial charge in [0.2, 0.25) is 5.91 Å². The average Bonchev–Trinajstić information content (AvgIpc) is 3.28. The van der Waals surface area contributed by atoms with Crippen LogP contribution in [-0.2, 0) is 16.0 Å². The highest BCUT2D eigenvalue weighted by Gasteiger charge is 2.37. The Hall–Kier alpha value is -2.57. The van der Waals surface area contributed by atoms with E-state index in [1.807, 2.05) is 29.2 Å². The second kappa shape index (κ2) is 8.21. The van der Waals surface area contributed by atoms with Crippen molar-refractivity contribution < 1.29 is 19.1 Å². The summed E-state index contributed by atoms with van der Waals surface area (Å²) in [6, 6.07) is 6.58. The highest BCUT2D eigenvalue weighted by molar-refractivity contribution is 6.04. The van der Waals surface area contributed by atoms with Crippen LogP contribution in [0.3, 0.4) is 0 Å². The molecule has 1 aromatic rings. The fourth-order valence-electron chi connectivity index (χ4n) is 3.41. The Morgan fingerprint density at radius 2 is 1.88 bits per heavy atom. The van der Waals surface area contributed by atoms with Crippen molar-refractivity contribution in [3.63, 3.8) is 0 Å². The number of hydrogen-bond acceptors (Lipinski definition) is 4. The summed E-state index contributed by atoms with van der Waals surface area (Å²) in [6.07, 6.45) is 3.33. The molecule has 2 heterocycles. The number of imide groups is 1. The fourth-order valence-corrected chi connectivity index (χ4v) is 3.41. The molecule has 0 aromatic heterocycles. The highest BCUT2D eigenvalue weighted by atomic mass is 16.5. The van der Waals surface area contributed by atoms with Gasteiger partial charge in [-0.25, -0.2) is 4.79 Å². The number of ether oxygens (including phenoxy) is 1. The van der Waals surface area contributed by atoms with E-state index in [0.29, 0.717) is 25.8 Å². The van der Waals surface area contributed by atoms with Crippen LogP contribution < -0.4 is 10.1 Å². The predicted molar refractivity (Wildman–Crippen MR) is 95.8 cm³/mol. The van der Waals surface area contributed by atoms with Gasteiger partial charge in [-0.1, -0.05) is 12.1 Å². The first-order valence-electron chi connectivity index (χ1n) is 9.11. The Bertz CT molecular complexity index is 668. The van der Waals surface area contributed by atoms with E-state index in [0.717, 1.165) is 37.2 Å². The fraction of sp³-hybridized carbons (Fsp3) is 0.526. The van der Waals surface area contributed by atoms with Crippen molar-refractivity contribution >= 4 is 17.8 Å². The van der Waals surface area contributed by atoms with E-state index < -0.39 is 6.04 Å². The van der Waals surface area contributed by atoms with Crippen molar-refractivity contribution in [1.29, 1.82) is 0 Å². The number of nitrogens with zero attached hydrogens (tertiary/aromatic N) is 2. The van der Waals surface area contributed by atoms with Gasteiger partial charge in [-0.3, -0.25) is 14.5 Å². The van der Waals surface area contributed by atoms with Gasteiger partial charge in [0, 0.05) is 26.1 Å². The first kappa shape index (κ1) is 18.2. The summed E-state index contributed by atoms with van der Waals surface area (Å²) < 4.78 is 5.12. The van der Waals surface area contributed by atoms with E-state index in [4.69, 9.17) is 4.74 Å². The number of nitrogens with one attached hydrogen (secondary N) is 1. The molecule has 2 fully saturated rings. The van der Waals surface area contributed by atoms with Gasteiger partial charge in [0.1, 0.15) is 11.8 Å². The van der Waals surface area contributed by atoms with Crippen molar-refractivity contribution in [3.8, 4) is 5.75 Å². The first-order chi connectivity index (χ1) is 12.6. The monoisotopic (exact) mass is 359 g/mol. The van der Waals surface area contributed by atoms with Crippen LogP contribution in [0.4, 0.5) is 4.79 Å². The van der Waals surface area contributed by atoms with E-state index >= 15 is 0 Å². The van der Waals surface area contributed by atoms with E-state index in [1.54, 1.807) is 7.11 Å². The van der Waals surface area contributed by atoms with Crippen molar-refractivity contribution in [2.24, 2.45) is 0 Å². The Kier molecular flexibility index (Phi) is 5.75.